The van der Waals surface area contributed by atoms with Gasteiger partial charge in [-0.05, 0) is 55.3 Å². The molecule has 1 amide bonds. The Kier molecular flexibility index (Phi) is 6.14. The van der Waals surface area contributed by atoms with E-state index in [-0.39, 0.29) is 5.57 Å². The van der Waals surface area contributed by atoms with E-state index in [2.05, 4.69) is 5.32 Å². The molecule has 6 nitrogen and oxygen atoms in total. The van der Waals surface area contributed by atoms with Crippen LogP contribution in [-0.4, -0.2) is 19.0 Å². The molecule has 1 heterocycles. The number of rotatable bonds is 5. The first-order valence-electron chi connectivity index (χ1n) is 9.21. The Morgan fingerprint density at radius 3 is 2.53 bits per heavy atom. The Morgan fingerprint density at radius 1 is 1.07 bits per heavy atom. The van der Waals surface area contributed by atoms with Crippen molar-refractivity contribution in [3.63, 3.8) is 0 Å². The van der Waals surface area contributed by atoms with Gasteiger partial charge in [-0.1, -0.05) is 24.3 Å². The number of furan rings is 1. The summed E-state index contributed by atoms with van der Waals surface area (Å²) in [6, 6.07) is 17.6. The van der Waals surface area contributed by atoms with Gasteiger partial charge in [0.1, 0.15) is 23.2 Å². The average Bonchev–Trinajstić information content (AvgIpc) is 3.22. The van der Waals surface area contributed by atoms with Crippen molar-refractivity contribution in [3.05, 3.63) is 82.6 Å². The van der Waals surface area contributed by atoms with Gasteiger partial charge in [0.05, 0.1) is 12.7 Å². The van der Waals surface area contributed by atoms with Crippen molar-refractivity contribution in [2.75, 3.05) is 12.4 Å². The van der Waals surface area contributed by atoms with Gasteiger partial charge in [-0.25, -0.2) is 4.79 Å². The molecule has 3 aromatic rings. The third-order valence-corrected chi connectivity index (χ3v) is 4.64. The SMILES string of the molecule is COC(=O)c1ccccc1-c1ccc(/C=C(\C#N)C(=O)Nc2ccc(C)c(C)c2)o1. The summed E-state index contributed by atoms with van der Waals surface area (Å²) in [5.74, 6) is -0.274. The lowest BCUT2D eigenvalue weighted by Gasteiger charge is -2.07. The van der Waals surface area contributed by atoms with E-state index in [0.29, 0.717) is 28.3 Å². The van der Waals surface area contributed by atoms with Crippen LogP contribution in [0.25, 0.3) is 17.4 Å². The standard InChI is InChI=1S/C24H20N2O4/c1-15-8-9-18(12-16(15)2)26-23(27)17(14-25)13-19-10-11-22(30-19)20-6-4-5-7-21(20)24(28)29-3/h4-13H,1-3H3,(H,26,27)/b17-13+. The molecule has 0 aliphatic carbocycles. The summed E-state index contributed by atoms with van der Waals surface area (Å²) < 4.78 is 10.6. The second-order valence-electron chi connectivity index (χ2n) is 6.66. The lowest BCUT2D eigenvalue weighted by atomic mass is 10.1. The van der Waals surface area contributed by atoms with Gasteiger partial charge in [0.2, 0.25) is 0 Å². The maximum atomic E-state index is 12.5. The number of ether oxygens (including phenoxy) is 1. The highest BCUT2D eigenvalue weighted by atomic mass is 16.5. The molecule has 0 atom stereocenters. The fourth-order valence-electron chi connectivity index (χ4n) is 2.87. The summed E-state index contributed by atoms with van der Waals surface area (Å²) in [5, 5.41) is 12.1. The van der Waals surface area contributed by atoms with E-state index in [1.807, 2.05) is 32.0 Å². The van der Waals surface area contributed by atoms with Gasteiger partial charge in [0.15, 0.2) is 0 Å². The minimum Gasteiger partial charge on any atom is -0.465 e. The van der Waals surface area contributed by atoms with Crippen molar-refractivity contribution in [2.24, 2.45) is 0 Å². The number of benzene rings is 2. The molecule has 0 saturated carbocycles. The lowest BCUT2D eigenvalue weighted by molar-refractivity contribution is -0.112. The molecule has 0 aliphatic rings. The third-order valence-electron chi connectivity index (χ3n) is 4.64. The molecule has 1 N–H and O–H groups in total. The number of methoxy groups -OCH3 is 1. The number of amides is 1. The van der Waals surface area contributed by atoms with Crippen LogP contribution in [0.3, 0.4) is 0 Å². The van der Waals surface area contributed by atoms with Gasteiger partial charge in [-0.3, -0.25) is 4.79 Å². The molecule has 30 heavy (non-hydrogen) atoms. The summed E-state index contributed by atoms with van der Waals surface area (Å²) in [4.78, 5) is 24.5. The van der Waals surface area contributed by atoms with E-state index in [0.717, 1.165) is 11.1 Å². The van der Waals surface area contributed by atoms with Crippen LogP contribution in [0.5, 0.6) is 0 Å². The first-order chi connectivity index (χ1) is 14.4. The first-order valence-corrected chi connectivity index (χ1v) is 9.21. The zero-order valence-electron chi connectivity index (χ0n) is 16.9. The van der Waals surface area contributed by atoms with Crippen LogP contribution < -0.4 is 5.32 Å². The molecule has 0 unspecified atom stereocenters. The van der Waals surface area contributed by atoms with E-state index < -0.39 is 11.9 Å². The van der Waals surface area contributed by atoms with E-state index in [1.54, 1.807) is 42.5 Å². The Hall–Kier alpha value is -4.11. The van der Waals surface area contributed by atoms with Crippen LogP contribution in [0.1, 0.15) is 27.2 Å². The molecule has 0 saturated heterocycles. The maximum Gasteiger partial charge on any atom is 0.338 e. The molecule has 0 bridgehead atoms. The number of esters is 1. The summed E-state index contributed by atoms with van der Waals surface area (Å²) in [6.07, 6.45) is 1.36. The van der Waals surface area contributed by atoms with Crippen LogP contribution in [-0.2, 0) is 9.53 Å². The van der Waals surface area contributed by atoms with Crippen LogP contribution in [0, 0.1) is 25.2 Å². The molecule has 150 valence electrons. The number of nitrogens with one attached hydrogen (secondary N) is 1. The zero-order valence-corrected chi connectivity index (χ0v) is 16.9. The van der Waals surface area contributed by atoms with Gasteiger partial charge in [0, 0.05) is 17.3 Å². The van der Waals surface area contributed by atoms with Crippen molar-refractivity contribution >= 4 is 23.6 Å². The normalized spacial score (nSPS) is 10.9. The second kappa shape index (κ2) is 8.93. The third kappa shape index (κ3) is 4.47. The quantitative estimate of drug-likeness (QED) is 0.374. The summed E-state index contributed by atoms with van der Waals surface area (Å²) in [5.41, 5.74) is 3.57. The largest absolute Gasteiger partial charge is 0.465 e. The second-order valence-corrected chi connectivity index (χ2v) is 6.66. The number of hydrogen-bond donors (Lipinski definition) is 1. The lowest BCUT2D eigenvalue weighted by Crippen LogP contribution is -2.13. The smallest absolute Gasteiger partial charge is 0.338 e. The number of carbonyl (C=O) groups excluding carboxylic acids is 2. The Labute approximate surface area is 174 Å². The highest BCUT2D eigenvalue weighted by Crippen LogP contribution is 2.27. The molecule has 2 aromatic carbocycles. The monoisotopic (exact) mass is 400 g/mol. The van der Waals surface area contributed by atoms with Crippen LogP contribution in [0.2, 0.25) is 0 Å². The van der Waals surface area contributed by atoms with Crippen molar-refractivity contribution in [1.29, 1.82) is 5.26 Å². The molecule has 1 aromatic heterocycles. The number of aryl methyl sites for hydroxylation is 2. The molecular formula is C24H20N2O4. The average molecular weight is 400 g/mol. The fourth-order valence-corrected chi connectivity index (χ4v) is 2.87. The van der Waals surface area contributed by atoms with Crippen molar-refractivity contribution in [3.8, 4) is 17.4 Å². The number of nitrogens with zero attached hydrogens (tertiary/aromatic N) is 1. The van der Waals surface area contributed by atoms with Crippen molar-refractivity contribution < 1.29 is 18.7 Å². The van der Waals surface area contributed by atoms with Gasteiger partial charge in [-0.15, -0.1) is 0 Å². The van der Waals surface area contributed by atoms with E-state index in [4.69, 9.17) is 9.15 Å². The Bertz CT molecular complexity index is 1180. The predicted octanol–water partition coefficient (Wildman–Crippen LogP) is 4.90. The molecule has 3 rings (SSSR count). The van der Waals surface area contributed by atoms with Crippen molar-refractivity contribution in [1.82, 2.24) is 0 Å². The highest BCUT2D eigenvalue weighted by Gasteiger charge is 2.16. The number of hydrogen-bond acceptors (Lipinski definition) is 5. The van der Waals surface area contributed by atoms with Crippen molar-refractivity contribution in [2.45, 2.75) is 13.8 Å². The zero-order chi connectivity index (χ0) is 21.7. The minimum atomic E-state index is -0.534. The number of carbonyl (C=O) groups is 2. The van der Waals surface area contributed by atoms with E-state index in [9.17, 15) is 14.9 Å². The first kappa shape index (κ1) is 20.6. The molecule has 0 spiro atoms. The van der Waals surface area contributed by atoms with E-state index >= 15 is 0 Å². The summed E-state index contributed by atoms with van der Waals surface area (Å²) in [6.45, 7) is 3.93. The van der Waals surface area contributed by atoms with Gasteiger partial charge >= 0.3 is 5.97 Å². The number of nitriles is 1. The molecule has 0 radical (unpaired) electrons. The topological polar surface area (TPSA) is 92.3 Å². The molecule has 0 fully saturated rings. The molecule has 6 heteroatoms. The minimum absolute atomic E-state index is 0.101. The Morgan fingerprint density at radius 2 is 1.83 bits per heavy atom. The van der Waals surface area contributed by atoms with Crippen LogP contribution in [0.4, 0.5) is 5.69 Å². The maximum absolute atomic E-state index is 12.5. The molecule has 0 aliphatic heterocycles. The summed E-state index contributed by atoms with van der Waals surface area (Å²) in [7, 11) is 1.31. The predicted molar refractivity (Wildman–Crippen MR) is 114 cm³/mol. The summed E-state index contributed by atoms with van der Waals surface area (Å²) >= 11 is 0. The van der Waals surface area contributed by atoms with E-state index in [1.165, 1.54) is 13.2 Å². The number of anilines is 1. The fraction of sp³-hybridized carbons (Fsp3) is 0.125. The molecular weight excluding hydrogens is 380 g/mol. The van der Waals surface area contributed by atoms with Gasteiger partial charge in [-0.2, -0.15) is 5.26 Å². The Balaban J connectivity index is 1.85. The van der Waals surface area contributed by atoms with Gasteiger partial charge < -0.3 is 14.5 Å². The van der Waals surface area contributed by atoms with Crippen LogP contribution >= 0.6 is 0 Å². The van der Waals surface area contributed by atoms with Crippen LogP contribution in [0.15, 0.2) is 64.6 Å². The highest BCUT2D eigenvalue weighted by molar-refractivity contribution is 6.09. The van der Waals surface area contributed by atoms with Gasteiger partial charge in [0.25, 0.3) is 5.91 Å².